The Morgan fingerprint density at radius 2 is 1.69 bits per heavy atom. The Morgan fingerprint density at radius 1 is 0.906 bits per heavy atom. The Kier molecular flexibility index (Phi) is 9.03. The average Bonchev–Trinajstić information content (AvgIpc) is 3.22. The van der Waals surface area contributed by atoms with E-state index in [1.54, 1.807) is 0 Å². The van der Waals surface area contributed by atoms with Crippen molar-refractivity contribution in [1.29, 1.82) is 0 Å². The topological polar surface area (TPSA) is 67.1 Å². The van der Waals surface area contributed by atoms with Crippen LogP contribution in [0.25, 0.3) is 11.0 Å². The summed E-state index contributed by atoms with van der Waals surface area (Å²) in [6, 6.07) is 22.8. The highest BCUT2D eigenvalue weighted by Gasteiger charge is 2.03. The number of aliphatic imine (C=N–C) groups is 1. The average molecular weight is 540 g/mol. The number of guanidine groups is 1. The summed E-state index contributed by atoms with van der Waals surface area (Å²) in [5.74, 6) is 0.826. The third-order valence-corrected chi connectivity index (χ3v) is 5.07. The standard InChI is InChI=1S/C25H28N6.HI/c1-2-26-25(28-16-14-22-7-5-6-15-27-22)29-17-20-10-12-21(13-11-20)18-31-19-30-23-8-3-4-9-24(23)31;/h3-13,15,19H,2,14,16-18H2,1H3,(H2,26,28,29);1H. The second-order valence-corrected chi connectivity index (χ2v) is 7.37. The maximum Gasteiger partial charge on any atom is 0.191 e. The predicted molar refractivity (Wildman–Crippen MR) is 141 cm³/mol. The quantitative estimate of drug-likeness (QED) is 0.198. The van der Waals surface area contributed by atoms with E-state index in [1.807, 2.05) is 48.9 Å². The van der Waals surface area contributed by atoms with Crippen LogP contribution in [-0.4, -0.2) is 33.6 Å². The molecule has 2 N–H and O–H groups in total. The molecule has 0 bridgehead atoms. The van der Waals surface area contributed by atoms with Crippen LogP contribution >= 0.6 is 24.0 Å². The number of halogens is 1. The Hall–Kier alpha value is -2.94. The minimum absolute atomic E-state index is 0. The smallest absolute Gasteiger partial charge is 0.191 e. The third kappa shape index (κ3) is 6.53. The van der Waals surface area contributed by atoms with Crippen molar-refractivity contribution in [3.63, 3.8) is 0 Å². The van der Waals surface area contributed by atoms with Gasteiger partial charge in [-0.25, -0.2) is 9.98 Å². The van der Waals surface area contributed by atoms with Crippen LogP contribution in [0.1, 0.15) is 23.7 Å². The molecular formula is C25H29IN6. The number of nitrogens with zero attached hydrogens (tertiary/aromatic N) is 4. The van der Waals surface area contributed by atoms with Gasteiger partial charge in [-0.1, -0.05) is 42.5 Å². The molecule has 0 saturated heterocycles. The van der Waals surface area contributed by atoms with E-state index < -0.39 is 0 Å². The van der Waals surface area contributed by atoms with E-state index in [4.69, 9.17) is 4.99 Å². The molecule has 32 heavy (non-hydrogen) atoms. The molecule has 0 spiro atoms. The van der Waals surface area contributed by atoms with Gasteiger partial charge in [0.15, 0.2) is 5.96 Å². The Morgan fingerprint density at radius 3 is 2.47 bits per heavy atom. The van der Waals surface area contributed by atoms with Gasteiger partial charge in [0.05, 0.1) is 23.9 Å². The minimum Gasteiger partial charge on any atom is -0.357 e. The predicted octanol–water partition coefficient (Wildman–Crippen LogP) is 4.40. The van der Waals surface area contributed by atoms with Gasteiger partial charge in [0.25, 0.3) is 0 Å². The molecule has 2 aromatic carbocycles. The first kappa shape index (κ1) is 23.7. The number of rotatable bonds is 8. The van der Waals surface area contributed by atoms with Gasteiger partial charge in [-0.3, -0.25) is 4.98 Å². The van der Waals surface area contributed by atoms with Gasteiger partial charge in [-0.15, -0.1) is 24.0 Å². The van der Waals surface area contributed by atoms with Crippen LogP contribution in [0.2, 0.25) is 0 Å². The lowest BCUT2D eigenvalue weighted by atomic mass is 10.1. The molecule has 6 nitrogen and oxygen atoms in total. The fourth-order valence-corrected chi connectivity index (χ4v) is 3.45. The largest absolute Gasteiger partial charge is 0.357 e. The number of fused-ring (bicyclic) bond motifs is 1. The van der Waals surface area contributed by atoms with Crippen LogP contribution < -0.4 is 10.6 Å². The zero-order chi connectivity index (χ0) is 21.3. The molecule has 4 aromatic rings. The van der Waals surface area contributed by atoms with Gasteiger partial charge in [0.2, 0.25) is 0 Å². The van der Waals surface area contributed by atoms with Crippen LogP contribution in [0.3, 0.4) is 0 Å². The molecule has 0 fully saturated rings. The zero-order valence-electron chi connectivity index (χ0n) is 18.2. The van der Waals surface area contributed by atoms with Crippen LogP contribution in [0.4, 0.5) is 0 Å². The summed E-state index contributed by atoms with van der Waals surface area (Å²) in [6.07, 6.45) is 4.60. The van der Waals surface area contributed by atoms with Gasteiger partial charge in [-0.05, 0) is 42.3 Å². The third-order valence-electron chi connectivity index (χ3n) is 5.07. The zero-order valence-corrected chi connectivity index (χ0v) is 20.6. The molecule has 166 valence electrons. The number of hydrogen-bond acceptors (Lipinski definition) is 3. The van der Waals surface area contributed by atoms with Crippen LogP contribution in [-0.2, 0) is 19.5 Å². The van der Waals surface area contributed by atoms with Crippen molar-refractivity contribution in [1.82, 2.24) is 25.2 Å². The number of imidazole rings is 1. The van der Waals surface area contributed by atoms with Crippen molar-refractivity contribution in [2.45, 2.75) is 26.4 Å². The number of aromatic nitrogens is 3. The number of nitrogens with one attached hydrogen (secondary N) is 2. The highest BCUT2D eigenvalue weighted by Crippen LogP contribution is 2.14. The van der Waals surface area contributed by atoms with E-state index in [0.717, 1.165) is 48.7 Å². The first-order valence-corrected chi connectivity index (χ1v) is 10.7. The molecule has 0 unspecified atom stereocenters. The van der Waals surface area contributed by atoms with Crippen molar-refractivity contribution in [3.05, 3.63) is 96.1 Å². The van der Waals surface area contributed by atoms with Crippen LogP contribution in [0.5, 0.6) is 0 Å². The van der Waals surface area contributed by atoms with Gasteiger partial charge in [-0.2, -0.15) is 0 Å². The second-order valence-electron chi connectivity index (χ2n) is 7.37. The molecule has 0 amide bonds. The summed E-state index contributed by atoms with van der Waals surface area (Å²) in [7, 11) is 0. The molecule has 4 rings (SSSR count). The van der Waals surface area contributed by atoms with Gasteiger partial charge in [0, 0.05) is 37.9 Å². The van der Waals surface area contributed by atoms with Crippen molar-refractivity contribution in [2.24, 2.45) is 4.99 Å². The number of pyridine rings is 1. The summed E-state index contributed by atoms with van der Waals surface area (Å²) in [5, 5.41) is 6.69. The summed E-state index contributed by atoms with van der Waals surface area (Å²) < 4.78 is 2.18. The van der Waals surface area contributed by atoms with Crippen molar-refractivity contribution < 1.29 is 0 Å². The highest BCUT2D eigenvalue weighted by atomic mass is 127. The van der Waals surface area contributed by atoms with Crippen LogP contribution in [0, 0.1) is 0 Å². The van der Waals surface area contributed by atoms with E-state index in [9.17, 15) is 0 Å². The SMILES string of the molecule is CCNC(=NCc1ccc(Cn2cnc3ccccc32)cc1)NCCc1ccccn1.I. The molecule has 7 heteroatoms. The summed E-state index contributed by atoms with van der Waals surface area (Å²) >= 11 is 0. The van der Waals surface area contributed by atoms with E-state index in [2.05, 4.69) is 62.4 Å². The van der Waals surface area contributed by atoms with Gasteiger partial charge >= 0.3 is 0 Å². The minimum atomic E-state index is 0. The fraction of sp³-hybridized carbons (Fsp3) is 0.240. The van der Waals surface area contributed by atoms with Crippen molar-refractivity contribution >= 4 is 41.0 Å². The Bertz CT molecular complexity index is 1120. The Labute approximate surface area is 206 Å². The Balaban J connectivity index is 0.00000289. The lowest BCUT2D eigenvalue weighted by Crippen LogP contribution is -2.38. The summed E-state index contributed by atoms with van der Waals surface area (Å²) in [4.78, 5) is 13.6. The molecule has 0 aliphatic heterocycles. The molecule has 0 aliphatic rings. The molecular weight excluding hydrogens is 511 g/mol. The fourth-order valence-electron chi connectivity index (χ4n) is 3.45. The molecule has 0 saturated carbocycles. The van der Waals surface area contributed by atoms with Gasteiger partial charge < -0.3 is 15.2 Å². The molecule has 0 radical (unpaired) electrons. The van der Waals surface area contributed by atoms with Crippen molar-refractivity contribution in [2.75, 3.05) is 13.1 Å². The lowest BCUT2D eigenvalue weighted by Gasteiger charge is -2.11. The summed E-state index contributed by atoms with van der Waals surface area (Å²) in [6.45, 7) is 5.13. The first-order chi connectivity index (χ1) is 15.3. The highest BCUT2D eigenvalue weighted by molar-refractivity contribution is 14.0. The normalized spacial score (nSPS) is 11.2. The van der Waals surface area contributed by atoms with E-state index >= 15 is 0 Å². The number of hydrogen-bond donors (Lipinski definition) is 2. The molecule has 0 atom stereocenters. The lowest BCUT2D eigenvalue weighted by molar-refractivity contribution is 0.788. The summed E-state index contributed by atoms with van der Waals surface area (Å²) in [5.41, 5.74) is 5.69. The van der Waals surface area contributed by atoms with Crippen molar-refractivity contribution in [3.8, 4) is 0 Å². The van der Waals surface area contributed by atoms with E-state index in [-0.39, 0.29) is 24.0 Å². The molecule has 2 heterocycles. The molecule has 2 aromatic heterocycles. The second kappa shape index (κ2) is 12.2. The maximum absolute atomic E-state index is 4.72. The van der Waals surface area contributed by atoms with Crippen LogP contribution in [0.15, 0.2) is 84.2 Å². The number of para-hydroxylation sites is 2. The van der Waals surface area contributed by atoms with E-state index in [1.165, 1.54) is 11.1 Å². The first-order valence-electron chi connectivity index (χ1n) is 10.7. The van der Waals surface area contributed by atoms with E-state index in [0.29, 0.717) is 6.54 Å². The van der Waals surface area contributed by atoms with Gasteiger partial charge in [0.1, 0.15) is 0 Å². The monoisotopic (exact) mass is 540 g/mol. The number of benzene rings is 2. The maximum atomic E-state index is 4.72. The molecule has 0 aliphatic carbocycles.